The number of hydrogen-bond acceptors (Lipinski definition) is 8. The molecule has 1 aromatic carbocycles. The first-order valence-corrected chi connectivity index (χ1v) is 14.6. The SMILES string of the molecule is COc1ncc2cc1NS(=O)(=O)c1cccc(c1)C(=O)CCc1ccc(s1)-c1ccnc3c(C)c-2sc13. The molecule has 37 heavy (non-hydrogen) atoms. The maximum atomic E-state index is 13.3. The Balaban J connectivity index is 1.59. The summed E-state index contributed by atoms with van der Waals surface area (Å²) < 4.78 is 35.7. The summed E-state index contributed by atoms with van der Waals surface area (Å²) >= 11 is 3.26. The zero-order valence-electron chi connectivity index (χ0n) is 19.9. The predicted octanol–water partition coefficient (Wildman–Crippen LogP) is 6.33. The van der Waals surface area contributed by atoms with E-state index in [2.05, 4.69) is 26.8 Å². The standard InChI is InChI=1S/C27H21N3O4S3/c1-15-24-26-20(10-11-28-24)23-9-7-18(35-23)6-8-22(31)16-4-3-5-19(12-16)37(32,33)30-21-13-17(25(15)36-26)14-29-27(21)34-2/h3-5,7,9-14,30H,6,8H2,1-2H3. The van der Waals surface area contributed by atoms with Gasteiger partial charge in [-0.15, -0.1) is 22.7 Å². The van der Waals surface area contributed by atoms with Crippen molar-refractivity contribution in [1.82, 2.24) is 9.97 Å². The average molecular weight is 548 g/mol. The molecular formula is C27H21N3O4S3. The van der Waals surface area contributed by atoms with Gasteiger partial charge < -0.3 is 4.74 Å². The van der Waals surface area contributed by atoms with E-state index in [0.29, 0.717) is 12.0 Å². The second kappa shape index (κ2) is 9.05. The van der Waals surface area contributed by atoms with Gasteiger partial charge in [-0.1, -0.05) is 12.1 Å². The van der Waals surface area contributed by atoms with Crippen molar-refractivity contribution in [3.05, 3.63) is 76.9 Å². The number of carbonyl (C=O) groups excluding carboxylic acids is 1. The molecule has 0 fully saturated rings. The Bertz CT molecular complexity index is 1800. The van der Waals surface area contributed by atoms with Gasteiger partial charge in [0.2, 0.25) is 5.88 Å². The number of thiophene rings is 2. The second-order valence-corrected chi connectivity index (χ2v) is 12.6. The van der Waals surface area contributed by atoms with Crippen LogP contribution in [0.2, 0.25) is 0 Å². The van der Waals surface area contributed by atoms with Crippen LogP contribution in [0, 0.1) is 6.92 Å². The molecule has 0 spiro atoms. The number of fused-ring (bicyclic) bond motifs is 9. The molecular weight excluding hydrogens is 527 g/mol. The van der Waals surface area contributed by atoms with E-state index in [0.717, 1.165) is 41.5 Å². The van der Waals surface area contributed by atoms with Crippen molar-refractivity contribution >= 4 is 54.4 Å². The molecule has 0 atom stereocenters. The summed E-state index contributed by atoms with van der Waals surface area (Å²) in [4.78, 5) is 25.2. The number of sulfonamides is 1. The molecule has 8 bridgehead atoms. The number of benzene rings is 1. The van der Waals surface area contributed by atoms with Crippen LogP contribution in [0.1, 0.15) is 27.2 Å². The number of aryl methyl sites for hydroxylation is 2. The molecule has 0 amide bonds. The summed E-state index contributed by atoms with van der Waals surface area (Å²) in [6, 6.07) is 14.0. The zero-order valence-corrected chi connectivity index (χ0v) is 22.4. The molecule has 6 rings (SSSR count). The number of aromatic nitrogens is 2. The first-order chi connectivity index (χ1) is 17.8. The normalized spacial score (nSPS) is 14.7. The van der Waals surface area contributed by atoms with Crippen LogP contribution in [-0.2, 0) is 16.4 Å². The number of ether oxygens (including phenoxy) is 1. The van der Waals surface area contributed by atoms with Crippen LogP contribution in [0.15, 0.2) is 65.8 Å². The molecule has 1 aliphatic rings. The molecule has 186 valence electrons. The third-order valence-electron chi connectivity index (χ3n) is 6.35. The average Bonchev–Trinajstić information content (AvgIpc) is 3.51. The maximum Gasteiger partial charge on any atom is 0.262 e. The lowest BCUT2D eigenvalue weighted by atomic mass is 10.1. The minimum Gasteiger partial charge on any atom is -0.480 e. The van der Waals surface area contributed by atoms with E-state index >= 15 is 0 Å². The number of rotatable bonds is 1. The Kier molecular flexibility index (Phi) is 5.82. The number of nitrogens with one attached hydrogen (secondary N) is 1. The zero-order chi connectivity index (χ0) is 25.7. The van der Waals surface area contributed by atoms with Crippen LogP contribution < -0.4 is 9.46 Å². The van der Waals surface area contributed by atoms with Crippen LogP contribution in [-0.4, -0.2) is 31.3 Å². The van der Waals surface area contributed by atoms with E-state index in [-0.39, 0.29) is 28.7 Å². The third-order valence-corrected chi connectivity index (χ3v) is 10.3. The third kappa shape index (κ3) is 4.20. The van der Waals surface area contributed by atoms with E-state index in [4.69, 9.17) is 4.74 Å². The summed E-state index contributed by atoms with van der Waals surface area (Å²) in [6.07, 6.45) is 4.35. The van der Waals surface area contributed by atoms with Crippen LogP contribution in [0.3, 0.4) is 0 Å². The Morgan fingerprint density at radius 3 is 2.70 bits per heavy atom. The van der Waals surface area contributed by atoms with Crippen LogP contribution in [0.4, 0.5) is 5.69 Å². The van der Waals surface area contributed by atoms with E-state index in [1.54, 1.807) is 47.1 Å². The van der Waals surface area contributed by atoms with Gasteiger partial charge in [-0.05, 0) is 55.3 Å². The molecule has 0 aliphatic carbocycles. The fraction of sp³-hybridized carbons (Fsp3) is 0.148. The summed E-state index contributed by atoms with van der Waals surface area (Å²) in [5, 5.41) is 0. The number of hydrogen-bond donors (Lipinski definition) is 1. The number of methoxy groups -OCH3 is 1. The molecule has 0 unspecified atom stereocenters. The van der Waals surface area contributed by atoms with Crippen molar-refractivity contribution in [2.45, 2.75) is 24.7 Å². The van der Waals surface area contributed by atoms with Crippen LogP contribution in [0.25, 0.3) is 31.1 Å². The van der Waals surface area contributed by atoms with Crippen LogP contribution in [0.5, 0.6) is 5.88 Å². The van der Waals surface area contributed by atoms with Crippen LogP contribution >= 0.6 is 22.7 Å². The molecule has 7 nitrogen and oxygen atoms in total. The Morgan fingerprint density at radius 2 is 1.86 bits per heavy atom. The molecule has 5 aromatic rings. The van der Waals surface area contributed by atoms with Gasteiger partial charge in [-0.3, -0.25) is 14.5 Å². The molecule has 1 N–H and O–H groups in total. The van der Waals surface area contributed by atoms with E-state index in [1.165, 1.54) is 19.2 Å². The number of pyridine rings is 2. The lowest BCUT2D eigenvalue weighted by Crippen LogP contribution is -2.15. The quantitative estimate of drug-likeness (QED) is 0.263. The van der Waals surface area contributed by atoms with E-state index in [9.17, 15) is 13.2 Å². The first-order valence-electron chi connectivity index (χ1n) is 11.5. The van der Waals surface area contributed by atoms with Crippen molar-refractivity contribution in [3.8, 4) is 26.8 Å². The minimum atomic E-state index is -4.02. The van der Waals surface area contributed by atoms with Gasteiger partial charge in [-0.2, -0.15) is 0 Å². The van der Waals surface area contributed by atoms with Gasteiger partial charge in [-0.25, -0.2) is 13.4 Å². The van der Waals surface area contributed by atoms with E-state index < -0.39 is 10.0 Å². The highest BCUT2D eigenvalue weighted by Crippen LogP contribution is 2.44. The highest BCUT2D eigenvalue weighted by Gasteiger charge is 2.22. The summed E-state index contributed by atoms with van der Waals surface area (Å²) in [6.45, 7) is 2.01. The first kappa shape index (κ1) is 23.8. The smallest absolute Gasteiger partial charge is 0.262 e. The molecule has 0 radical (unpaired) electrons. The topological polar surface area (TPSA) is 98.2 Å². The predicted molar refractivity (Wildman–Crippen MR) is 147 cm³/mol. The van der Waals surface area contributed by atoms with Crippen molar-refractivity contribution in [2.75, 3.05) is 11.8 Å². The van der Waals surface area contributed by atoms with Gasteiger partial charge in [0.05, 0.1) is 22.2 Å². The highest BCUT2D eigenvalue weighted by atomic mass is 32.2. The Hall–Kier alpha value is -3.60. The largest absolute Gasteiger partial charge is 0.480 e. The van der Waals surface area contributed by atoms with Gasteiger partial charge in [0.15, 0.2) is 5.78 Å². The monoisotopic (exact) mass is 547 g/mol. The molecule has 1 aliphatic heterocycles. The number of carbonyl (C=O) groups is 1. The number of anilines is 1. The van der Waals surface area contributed by atoms with Crippen molar-refractivity contribution in [1.29, 1.82) is 0 Å². The fourth-order valence-electron chi connectivity index (χ4n) is 4.46. The maximum absolute atomic E-state index is 13.3. The van der Waals surface area contributed by atoms with Gasteiger partial charge in [0, 0.05) is 50.1 Å². The number of ketones is 1. The lowest BCUT2D eigenvalue weighted by molar-refractivity contribution is 0.0983. The summed E-state index contributed by atoms with van der Waals surface area (Å²) in [7, 11) is -2.58. The van der Waals surface area contributed by atoms with Crippen molar-refractivity contribution in [2.24, 2.45) is 0 Å². The molecule has 10 heteroatoms. The molecule has 0 saturated heterocycles. The Labute approximate surface area is 221 Å². The number of nitrogens with zero attached hydrogens (tertiary/aromatic N) is 2. The molecule has 4 aromatic heterocycles. The van der Waals surface area contributed by atoms with Crippen molar-refractivity contribution in [3.63, 3.8) is 0 Å². The summed E-state index contributed by atoms with van der Waals surface area (Å²) in [5.74, 6) is 0.0387. The summed E-state index contributed by atoms with van der Waals surface area (Å²) in [5.41, 5.74) is 4.30. The fourth-order valence-corrected chi connectivity index (χ4v) is 7.94. The van der Waals surface area contributed by atoms with Gasteiger partial charge in [0.1, 0.15) is 5.69 Å². The van der Waals surface area contributed by atoms with Gasteiger partial charge >= 0.3 is 0 Å². The highest BCUT2D eigenvalue weighted by molar-refractivity contribution is 7.92. The van der Waals surface area contributed by atoms with Crippen molar-refractivity contribution < 1.29 is 17.9 Å². The second-order valence-electron chi connectivity index (χ2n) is 8.70. The van der Waals surface area contributed by atoms with Gasteiger partial charge in [0.25, 0.3) is 10.0 Å². The minimum absolute atomic E-state index is 0.00258. The Morgan fingerprint density at radius 1 is 1.00 bits per heavy atom. The number of Topliss-reactive ketones (excluding diaryl/α,β-unsaturated/α-hetero) is 1. The molecule has 0 saturated carbocycles. The molecule has 5 heterocycles. The lowest BCUT2D eigenvalue weighted by Gasteiger charge is -2.13. The van der Waals surface area contributed by atoms with E-state index in [1.807, 2.05) is 19.2 Å².